The lowest BCUT2D eigenvalue weighted by molar-refractivity contribution is 0.0372. The summed E-state index contributed by atoms with van der Waals surface area (Å²) >= 11 is 0. The lowest BCUT2D eigenvalue weighted by Crippen LogP contribution is -2.31. The van der Waals surface area contributed by atoms with Crippen LogP contribution < -0.4 is 0 Å². The second-order valence-electron chi connectivity index (χ2n) is 4.68. The van der Waals surface area contributed by atoms with E-state index in [-0.39, 0.29) is 6.09 Å². The fraction of sp³-hybridized carbons (Fsp3) is 0.583. The van der Waals surface area contributed by atoms with Crippen LogP contribution in [-0.4, -0.2) is 23.6 Å². The predicted molar refractivity (Wildman–Crippen MR) is 62.6 cm³/mol. The topological polar surface area (TPSA) is 29.5 Å². The third-order valence-electron chi connectivity index (χ3n) is 1.42. The quantitative estimate of drug-likeness (QED) is 0.656. The van der Waals surface area contributed by atoms with Gasteiger partial charge in [0.2, 0.25) is 0 Å². The molecule has 0 atom stereocenters. The summed E-state index contributed by atoms with van der Waals surface area (Å²) in [6, 6.07) is 0. The minimum Gasteiger partial charge on any atom is -0.443 e. The van der Waals surface area contributed by atoms with Crippen LogP contribution in [0.5, 0.6) is 0 Å². The Hall–Kier alpha value is -1.25. The van der Waals surface area contributed by atoms with E-state index < -0.39 is 5.60 Å². The Morgan fingerprint density at radius 2 is 1.80 bits per heavy atom. The Kier molecular flexibility index (Phi) is 5.12. The molecule has 1 amide bonds. The Bertz CT molecular complexity index is 268. The molecule has 0 aromatic heterocycles. The SMILES string of the molecule is CC(C)=C/C=C\N(C)C(=O)OC(C)(C)C. The third kappa shape index (κ3) is 7.79. The molecule has 0 unspecified atom stereocenters. The van der Waals surface area contributed by atoms with Crippen molar-refractivity contribution in [3.05, 3.63) is 23.9 Å². The van der Waals surface area contributed by atoms with Gasteiger partial charge in [-0.15, -0.1) is 0 Å². The Labute approximate surface area is 92.4 Å². The lowest BCUT2D eigenvalue weighted by atomic mass is 10.2. The molecule has 0 fully saturated rings. The van der Waals surface area contributed by atoms with Gasteiger partial charge in [0.05, 0.1) is 0 Å². The van der Waals surface area contributed by atoms with E-state index in [9.17, 15) is 4.79 Å². The summed E-state index contributed by atoms with van der Waals surface area (Å²) in [7, 11) is 1.67. The van der Waals surface area contributed by atoms with Crippen LogP contribution >= 0.6 is 0 Å². The Morgan fingerprint density at radius 1 is 1.27 bits per heavy atom. The minimum atomic E-state index is -0.449. The zero-order valence-corrected chi connectivity index (χ0v) is 10.5. The van der Waals surface area contributed by atoms with Crippen LogP contribution in [0.25, 0.3) is 0 Å². The maximum atomic E-state index is 11.5. The van der Waals surface area contributed by atoms with E-state index in [1.165, 1.54) is 10.5 Å². The number of carbonyl (C=O) groups excluding carboxylic acids is 1. The first-order valence-electron chi connectivity index (χ1n) is 5.00. The first-order chi connectivity index (χ1) is 6.72. The monoisotopic (exact) mass is 211 g/mol. The lowest BCUT2D eigenvalue weighted by Gasteiger charge is -2.22. The van der Waals surface area contributed by atoms with Gasteiger partial charge in [-0.05, 0) is 40.7 Å². The normalized spacial score (nSPS) is 11.3. The van der Waals surface area contributed by atoms with Gasteiger partial charge in [0, 0.05) is 13.2 Å². The zero-order valence-electron chi connectivity index (χ0n) is 10.5. The maximum Gasteiger partial charge on any atom is 0.414 e. The molecule has 3 heteroatoms. The summed E-state index contributed by atoms with van der Waals surface area (Å²) in [5.74, 6) is 0. The second-order valence-corrected chi connectivity index (χ2v) is 4.68. The Balaban J connectivity index is 4.23. The number of hydrogen-bond acceptors (Lipinski definition) is 2. The van der Waals surface area contributed by atoms with Crippen LogP contribution in [0.15, 0.2) is 23.9 Å². The van der Waals surface area contributed by atoms with Crippen molar-refractivity contribution in [2.45, 2.75) is 40.2 Å². The largest absolute Gasteiger partial charge is 0.443 e. The molecule has 0 bridgehead atoms. The van der Waals surface area contributed by atoms with Gasteiger partial charge in [-0.1, -0.05) is 11.6 Å². The molecule has 0 spiro atoms. The summed E-state index contributed by atoms with van der Waals surface area (Å²) in [6.07, 6.45) is 5.09. The predicted octanol–water partition coefficient (Wildman–Crippen LogP) is 3.33. The highest BCUT2D eigenvalue weighted by Gasteiger charge is 2.17. The molecular formula is C12H21NO2. The molecule has 0 heterocycles. The van der Waals surface area contributed by atoms with Crippen molar-refractivity contribution in [2.75, 3.05) is 7.05 Å². The van der Waals surface area contributed by atoms with Crippen molar-refractivity contribution in [1.82, 2.24) is 4.90 Å². The van der Waals surface area contributed by atoms with Gasteiger partial charge in [-0.3, -0.25) is 4.90 Å². The summed E-state index contributed by atoms with van der Waals surface area (Å²) in [5.41, 5.74) is 0.735. The van der Waals surface area contributed by atoms with E-state index in [4.69, 9.17) is 4.74 Å². The molecule has 0 aliphatic carbocycles. The molecule has 0 aliphatic heterocycles. The van der Waals surface area contributed by atoms with E-state index in [2.05, 4.69) is 0 Å². The first-order valence-corrected chi connectivity index (χ1v) is 5.00. The Morgan fingerprint density at radius 3 is 2.20 bits per heavy atom. The van der Waals surface area contributed by atoms with Crippen LogP contribution in [0.2, 0.25) is 0 Å². The molecular weight excluding hydrogens is 190 g/mol. The molecule has 15 heavy (non-hydrogen) atoms. The number of hydrogen-bond donors (Lipinski definition) is 0. The van der Waals surface area contributed by atoms with Gasteiger partial charge >= 0.3 is 6.09 Å². The summed E-state index contributed by atoms with van der Waals surface area (Å²) in [6.45, 7) is 9.53. The average molecular weight is 211 g/mol. The van der Waals surface area contributed by atoms with Crippen molar-refractivity contribution in [1.29, 1.82) is 0 Å². The van der Waals surface area contributed by atoms with E-state index in [1.54, 1.807) is 13.2 Å². The number of carbonyl (C=O) groups is 1. The molecule has 0 rings (SSSR count). The number of rotatable bonds is 2. The number of ether oxygens (including phenoxy) is 1. The first kappa shape index (κ1) is 13.8. The van der Waals surface area contributed by atoms with Crippen LogP contribution in [0.1, 0.15) is 34.6 Å². The average Bonchev–Trinajstić information content (AvgIpc) is 1.99. The molecule has 0 aliphatic rings. The van der Waals surface area contributed by atoms with Gasteiger partial charge in [0.15, 0.2) is 0 Å². The molecule has 86 valence electrons. The summed E-state index contributed by atoms with van der Waals surface area (Å²) in [5, 5.41) is 0. The van der Waals surface area contributed by atoms with Crippen molar-refractivity contribution in [2.24, 2.45) is 0 Å². The number of allylic oxidation sites excluding steroid dienone is 3. The second kappa shape index (κ2) is 5.59. The standard InChI is InChI=1S/C12H21NO2/c1-10(2)8-7-9-13(6)11(14)15-12(3,4)5/h7-9H,1-6H3/b9-7-. The van der Waals surface area contributed by atoms with E-state index in [1.807, 2.05) is 46.8 Å². The third-order valence-corrected chi connectivity index (χ3v) is 1.42. The van der Waals surface area contributed by atoms with Crippen molar-refractivity contribution >= 4 is 6.09 Å². The van der Waals surface area contributed by atoms with Gasteiger partial charge in [0.25, 0.3) is 0 Å². The van der Waals surface area contributed by atoms with Gasteiger partial charge in [-0.25, -0.2) is 4.79 Å². The van der Waals surface area contributed by atoms with E-state index in [0.717, 1.165) is 0 Å². The fourth-order valence-electron chi connectivity index (χ4n) is 0.759. The summed E-state index contributed by atoms with van der Waals surface area (Å²) < 4.78 is 5.17. The fourth-order valence-corrected chi connectivity index (χ4v) is 0.759. The van der Waals surface area contributed by atoms with Gasteiger partial charge in [-0.2, -0.15) is 0 Å². The molecule has 0 aromatic rings. The van der Waals surface area contributed by atoms with Crippen LogP contribution in [0, 0.1) is 0 Å². The van der Waals surface area contributed by atoms with Crippen LogP contribution in [0.4, 0.5) is 4.79 Å². The molecule has 0 saturated carbocycles. The van der Waals surface area contributed by atoms with Crippen molar-refractivity contribution in [3.8, 4) is 0 Å². The summed E-state index contributed by atoms with van der Waals surface area (Å²) in [4.78, 5) is 12.9. The molecule has 0 N–H and O–H groups in total. The molecule has 3 nitrogen and oxygen atoms in total. The van der Waals surface area contributed by atoms with Crippen LogP contribution in [-0.2, 0) is 4.74 Å². The molecule has 0 aromatic carbocycles. The highest BCUT2D eigenvalue weighted by atomic mass is 16.6. The smallest absolute Gasteiger partial charge is 0.414 e. The van der Waals surface area contributed by atoms with E-state index >= 15 is 0 Å². The molecule has 0 radical (unpaired) electrons. The maximum absolute atomic E-state index is 11.5. The number of amides is 1. The highest BCUT2D eigenvalue weighted by molar-refractivity contribution is 5.68. The van der Waals surface area contributed by atoms with Crippen LogP contribution in [0.3, 0.4) is 0 Å². The van der Waals surface area contributed by atoms with Gasteiger partial charge < -0.3 is 4.74 Å². The van der Waals surface area contributed by atoms with Gasteiger partial charge in [0.1, 0.15) is 5.60 Å². The highest BCUT2D eigenvalue weighted by Crippen LogP contribution is 2.09. The minimum absolute atomic E-state index is 0.346. The van der Waals surface area contributed by atoms with Crippen molar-refractivity contribution < 1.29 is 9.53 Å². The van der Waals surface area contributed by atoms with E-state index in [0.29, 0.717) is 0 Å². The van der Waals surface area contributed by atoms with Crippen molar-refractivity contribution in [3.63, 3.8) is 0 Å². The molecule has 0 saturated heterocycles. The zero-order chi connectivity index (χ0) is 12.1. The number of nitrogens with zero attached hydrogens (tertiary/aromatic N) is 1.